The number of nitrogens with zero attached hydrogens (tertiary/aromatic N) is 1. The fraction of sp³-hybridized carbons (Fsp3) is 0.785. The van der Waals surface area contributed by atoms with Crippen molar-refractivity contribution in [3.63, 3.8) is 0 Å². The Bertz CT molecular complexity index is 1500. The van der Waals surface area contributed by atoms with Gasteiger partial charge >= 0.3 is 19.8 Å². The highest BCUT2D eigenvalue weighted by Gasteiger charge is 2.27. The highest BCUT2D eigenvalue weighted by Crippen LogP contribution is 2.43. The standard InChI is InChI=1S/C65H118NO8P/c1-6-8-10-12-14-16-18-20-22-24-26-28-29-30-31-32-33-34-35-36-37-38-40-42-44-46-48-50-52-54-56-58-65(68)74-63(62-73-75(69,70)72-60-59-66(3,4)5)61-71-64(67)57-55-53-51-49-47-45-43-41-39-27-25-23-21-19-17-15-13-11-9-7-2/h8,10,14,16,20,22,26,28,30-31,33-34,63H,6-7,9,11-13,15,17-19,21,23-25,27,29,32,35-62H2,1-5H3/p+1/b10-8-,16-14-,22-20-,28-26-,31-30-,34-33-. The molecule has 2 atom stereocenters. The van der Waals surface area contributed by atoms with E-state index >= 15 is 0 Å². The number of rotatable bonds is 57. The van der Waals surface area contributed by atoms with Crippen molar-refractivity contribution in [2.75, 3.05) is 47.5 Å². The van der Waals surface area contributed by atoms with Crippen LogP contribution in [0.15, 0.2) is 72.9 Å². The Morgan fingerprint density at radius 1 is 0.427 bits per heavy atom. The summed E-state index contributed by atoms with van der Waals surface area (Å²) in [6.07, 6.45) is 74.0. The molecule has 0 aromatic heterocycles. The summed E-state index contributed by atoms with van der Waals surface area (Å²) in [4.78, 5) is 35.8. The lowest BCUT2D eigenvalue weighted by atomic mass is 10.0. The number of esters is 2. The Morgan fingerprint density at radius 2 is 0.760 bits per heavy atom. The van der Waals surface area contributed by atoms with Crippen LogP contribution in [0.5, 0.6) is 0 Å². The van der Waals surface area contributed by atoms with Crippen molar-refractivity contribution in [2.45, 2.75) is 283 Å². The number of unbranched alkanes of at least 4 members (excludes halogenated alkanes) is 31. The first-order valence-corrected chi connectivity index (χ1v) is 32.7. The van der Waals surface area contributed by atoms with Gasteiger partial charge in [-0.2, -0.15) is 0 Å². The number of phosphoric acid groups is 1. The number of phosphoric ester groups is 1. The molecular weight excluding hydrogens is 954 g/mol. The fourth-order valence-electron chi connectivity index (χ4n) is 8.73. The third-order valence-corrected chi connectivity index (χ3v) is 14.5. The predicted molar refractivity (Wildman–Crippen MR) is 321 cm³/mol. The number of allylic oxidation sites excluding steroid dienone is 12. The van der Waals surface area contributed by atoms with Crippen LogP contribution in [0.2, 0.25) is 0 Å². The van der Waals surface area contributed by atoms with E-state index in [4.69, 9.17) is 18.5 Å². The predicted octanol–water partition coefficient (Wildman–Crippen LogP) is 19.7. The molecule has 436 valence electrons. The largest absolute Gasteiger partial charge is 0.472 e. The minimum absolute atomic E-state index is 0.0308. The molecule has 0 aromatic carbocycles. The van der Waals surface area contributed by atoms with Gasteiger partial charge in [0.2, 0.25) is 0 Å². The van der Waals surface area contributed by atoms with Crippen LogP contribution >= 0.6 is 7.82 Å². The summed E-state index contributed by atoms with van der Waals surface area (Å²) in [5, 5.41) is 0. The molecule has 0 heterocycles. The normalized spacial score (nSPS) is 13.7. The molecule has 0 aliphatic heterocycles. The summed E-state index contributed by atoms with van der Waals surface area (Å²) in [5.41, 5.74) is 0. The molecule has 0 fully saturated rings. The highest BCUT2D eigenvalue weighted by molar-refractivity contribution is 7.47. The topological polar surface area (TPSA) is 108 Å². The molecule has 0 aliphatic rings. The molecule has 0 aromatic rings. The minimum Gasteiger partial charge on any atom is -0.462 e. The average molecular weight is 1070 g/mol. The van der Waals surface area contributed by atoms with Crippen LogP contribution in [0, 0.1) is 0 Å². The van der Waals surface area contributed by atoms with E-state index in [2.05, 4.69) is 86.8 Å². The van der Waals surface area contributed by atoms with Crippen molar-refractivity contribution >= 4 is 19.8 Å². The van der Waals surface area contributed by atoms with E-state index in [1.807, 2.05) is 21.1 Å². The first kappa shape index (κ1) is 72.5. The molecule has 0 bridgehead atoms. The van der Waals surface area contributed by atoms with E-state index in [1.165, 1.54) is 167 Å². The second-order valence-electron chi connectivity index (χ2n) is 22.1. The van der Waals surface area contributed by atoms with Gasteiger partial charge in [-0.15, -0.1) is 0 Å². The summed E-state index contributed by atoms with van der Waals surface area (Å²) < 4.78 is 34.6. The molecule has 0 spiro atoms. The lowest BCUT2D eigenvalue weighted by molar-refractivity contribution is -0.870. The van der Waals surface area contributed by atoms with Crippen LogP contribution in [-0.4, -0.2) is 74.9 Å². The first-order valence-electron chi connectivity index (χ1n) is 31.2. The molecule has 1 N–H and O–H groups in total. The van der Waals surface area contributed by atoms with E-state index in [-0.39, 0.29) is 25.6 Å². The molecule has 0 radical (unpaired) electrons. The number of likely N-dealkylation sites (N-methyl/N-ethyl adjacent to an activating group) is 1. The van der Waals surface area contributed by atoms with Crippen LogP contribution in [0.1, 0.15) is 277 Å². The van der Waals surface area contributed by atoms with Crippen molar-refractivity contribution in [3.8, 4) is 0 Å². The van der Waals surface area contributed by atoms with Crippen molar-refractivity contribution in [1.29, 1.82) is 0 Å². The van der Waals surface area contributed by atoms with Gasteiger partial charge in [-0.25, -0.2) is 4.57 Å². The second-order valence-corrected chi connectivity index (χ2v) is 23.5. The van der Waals surface area contributed by atoms with Gasteiger partial charge in [-0.1, -0.05) is 273 Å². The van der Waals surface area contributed by atoms with Crippen molar-refractivity contribution < 1.29 is 42.1 Å². The average Bonchev–Trinajstić information content (AvgIpc) is 3.37. The Morgan fingerprint density at radius 3 is 1.13 bits per heavy atom. The van der Waals surface area contributed by atoms with Crippen molar-refractivity contribution in [1.82, 2.24) is 0 Å². The summed E-state index contributed by atoms with van der Waals surface area (Å²) in [5.74, 6) is -0.790. The summed E-state index contributed by atoms with van der Waals surface area (Å²) >= 11 is 0. The molecule has 9 nitrogen and oxygen atoms in total. The van der Waals surface area contributed by atoms with Crippen LogP contribution in [0.25, 0.3) is 0 Å². The molecule has 10 heteroatoms. The zero-order chi connectivity index (χ0) is 54.9. The lowest BCUT2D eigenvalue weighted by Crippen LogP contribution is -2.37. The van der Waals surface area contributed by atoms with Gasteiger partial charge in [0.05, 0.1) is 27.7 Å². The third-order valence-electron chi connectivity index (χ3n) is 13.5. The molecule has 0 saturated heterocycles. The number of hydrogen-bond acceptors (Lipinski definition) is 7. The lowest BCUT2D eigenvalue weighted by Gasteiger charge is -2.24. The Hall–Kier alpha value is -2.55. The molecule has 0 aliphatic carbocycles. The molecule has 2 unspecified atom stereocenters. The van der Waals surface area contributed by atoms with Gasteiger partial charge in [0.25, 0.3) is 0 Å². The maximum absolute atomic E-state index is 12.8. The summed E-state index contributed by atoms with van der Waals surface area (Å²) in [7, 11) is 1.48. The Kier molecular flexibility index (Phi) is 54.3. The van der Waals surface area contributed by atoms with Gasteiger partial charge in [-0.05, 0) is 64.2 Å². The van der Waals surface area contributed by atoms with Crippen LogP contribution in [-0.2, 0) is 32.7 Å². The van der Waals surface area contributed by atoms with Crippen LogP contribution < -0.4 is 0 Å². The van der Waals surface area contributed by atoms with Gasteiger partial charge in [-0.3, -0.25) is 18.6 Å². The SMILES string of the molecule is CC/C=C\C/C=C\C/C=C\C/C=C\C/C=C\C/C=C\CCCCCCCCCCCCCCC(=O)OC(COC(=O)CCCCCCCCCCCCCCCCCCCCCC)COP(=O)(O)OCC[N+](C)(C)C. The summed E-state index contributed by atoms with van der Waals surface area (Å²) in [6.45, 7) is 4.35. The van der Waals surface area contributed by atoms with E-state index in [9.17, 15) is 19.0 Å². The maximum atomic E-state index is 12.8. The number of hydrogen-bond donors (Lipinski definition) is 1. The quantitative estimate of drug-likeness (QED) is 0.0211. The van der Waals surface area contributed by atoms with E-state index < -0.39 is 26.5 Å². The third kappa shape index (κ3) is 60.5. The van der Waals surface area contributed by atoms with Gasteiger partial charge in [0, 0.05) is 12.8 Å². The van der Waals surface area contributed by atoms with E-state index in [1.54, 1.807) is 0 Å². The molecule has 0 amide bonds. The molecular formula is C65H119NO8P+. The first-order chi connectivity index (χ1) is 36.5. The smallest absolute Gasteiger partial charge is 0.462 e. The zero-order valence-electron chi connectivity index (χ0n) is 49.5. The minimum atomic E-state index is -4.39. The van der Waals surface area contributed by atoms with Gasteiger partial charge in [0.1, 0.15) is 19.8 Å². The van der Waals surface area contributed by atoms with Crippen LogP contribution in [0.3, 0.4) is 0 Å². The van der Waals surface area contributed by atoms with Gasteiger partial charge in [0.15, 0.2) is 6.10 Å². The monoisotopic (exact) mass is 1070 g/mol. The second kappa shape index (κ2) is 56.2. The molecule has 0 rings (SSSR count). The fourth-order valence-corrected chi connectivity index (χ4v) is 9.47. The number of carbonyl (C=O) groups is 2. The molecule has 75 heavy (non-hydrogen) atoms. The highest BCUT2D eigenvalue weighted by atomic mass is 31.2. The van der Waals surface area contributed by atoms with E-state index in [0.29, 0.717) is 23.9 Å². The van der Waals surface area contributed by atoms with E-state index in [0.717, 1.165) is 77.0 Å². The van der Waals surface area contributed by atoms with Crippen molar-refractivity contribution in [3.05, 3.63) is 72.9 Å². The molecule has 0 saturated carbocycles. The Labute approximate surface area is 463 Å². The maximum Gasteiger partial charge on any atom is 0.472 e. The van der Waals surface area contributed by atoms with Gasteiger partial charge < -0.3 is 18.9 Å². The summed E-state index contributed by atoms with van der Waals surface area (Å²) in [6, 6.07) is 0. The Balaban J connectivity index is 4.11. The zero-order valence-corrected chi connectivity index (χ0v) is 50.4. The number of carbonyl (C=O) groups excluding carboxylic acids is 2. The number of quaternary nitrogens is 1. The number of ether oxygens (including phenoxy) is 2. The van der Waals surface area contributed by atoms with Crippen molar-refractivity contribution in [2.24, 2.45) is 0 Å². The van der Waals surface area contributed by atoms with Crippen LogP contribution in [0.4, 0.5) is 0 Å².